The quantitative estimate of drug-likeness (QED) is 0.116. The van der Waals surface area contributed by atoms with Gasteiger partial charge in [-0.15, -0.1) is 40.6 Å². The van der Waals surface area contributed by atoms with Crippen LogP contribution in [0, 0.1) is 5.92 Å². The summed E-state index contributed by atoms with van der Waals surface area (Å²) >= 11 is 8.60. The van der Waals surface area contributed by atoms with E-state index < -0.39 is 5.72 Å². The number of rotatable bonds is 10. The van der Waals surface area contributed by atoms with Gasteiger partial charge in [0.1, 0.15) is 11.4 Å². The molecule has 0 fully saturated rings. The van der Waals surface area contributed by atoms with Crippen LogP contribution in [0.2, 0.25) is 0 Å². The van der Waals surface area contributed by atoms with Crippen LogP contribution in [-0.4, -0.2) is 51.7 Å². The smallest absolute Gasteiger partial charge is 0.180 e. The normalized spacial score (nSPS) is 16.2. The van der Waals surface area contributed by atoms with Gasteiger partial charge in [-0.3, -0.25) is 4.98 Å². The lowest BCUT2D eigenvalue weighted by Crippen LogP contribution is -2.47. The molecule has 11 heteroatoms. The minimum absolute atomic E-state index is 0.212. The van der Waals surface area contributed by atoms with E-state index in [1.165, 1.54) is 0 Å². The molecule has 0 aliphatic carbocycles. The molecule has 1 rings (SSSR count). The largest absolute Gasteiger partial charge is 0.366 e. The van der Waals surface area contributed by atoms with Gasteiger partial charge in [0, 0.05) is 18.8 Å². The molecule has 178 valence electrons. The average molecular weight is 481 g/mol. The van der Waals surface area contributed by atoms with Crippen molar-refractivity contribution >= 4 is 47.0 Å². The molecule has 0 aliphatic heterocycles. The average Bonchev–Trinajstić information content (AvgIpc) is 2.72. The Kier molecular flexibility index (Phi) is 11.3. The first kappa shape index (κ1) is 28.1. The molecule has 9 nitrogen and oxygen atoms in total. The summed E-state index contributed by atoms with van der Waals surface area (Å²) in [4.78, 5) is 4.32. The minimum atomic E-state index is -0.667. The fourth-order valence-electron chi connectivity index (χ4n) is 2.21. The summed E-state index contributed by atoms with van der Waals surface area (Å²) in [6.45, 7) is 12.3. The number of nitrogens with two attached hydrogens (primary N) is 1. The van der Waals surface area contributed by atoms with Crippen molar-refractivity contribution in [1.82, 2.24) is 15.6 Å². The third-order valence-corrected chi connectivity index (χ3v) is 5.26. The van der Waals surface area contributed by atoms with Crippen LogP contribution in [-0.2, 0) is 4.74 Å². The first-order valence-corrected chi connectivity index (χ1v) is 11.2. The fraction of sp³-hybridized carbons (Fsp3) is 0.571. The van der Waals surface area contributed by atoms with Crippen LogP contribution in [0.15, 0.2) is 44.8 Å². The van der Waals surface area contributed by atoms with E-state index in [1.807, 2.05) is 52.8 Å². The van der Waals surface area contributed by atoms with Crippen LogP contribution in [0.1, 0.15) is 53.7 Å². The molecule has 4 N–H and O–H groups in total. The monoisotopic (exact) mass is 480 g/mol. The maximum Gasteiger partial charge on any atom is 0.180 e. The maximum absolute atomic E-state index is 6.17. The van der Waals surface area contributed by atoms with Crippen molar-refractivity contribution in [2.75, 3.05) is 13.7 Å². The summed E-state index contributed by atoms with van der Waals surface area (Å²) in [6.07, 6.45) is 2.38. The van der Waals surface area contributed by atoms with Gasteiger partial charge in [0.2, 0.25) is 0 Å². The third-order valence-electron chi connectivity index (χ3n) is 4.75. The Morgan fingerprint density at radius 1 is 1.12 bits per heavy atom. The van der Waals surface area contributed by atoms with Gasteiger partial charge in [0.05, 0.1) is 18.0 Å². The predicted octanol–water partition coefficient (Wildman–Crippen LogP) is 3.06. The van der Waals surface area contributed by atoms with Gasteiger partial charge in [-0.25, -0.2) is 0 Å². The van der Waals surface area contributed by atoms with E-state index in [0.717, 1.165) is 0 Å². The molecular formula is C21H36N8OS2. The van der Waals surface area contributed by atoms with E-state index in [4.69, 9.17) is 10.5 Å². The molecular weight excluding hydrogens is 444 g/mol. The molecule has 0 amide bonds. The summed E-state index contributed by atoms with van der Waals surface area (Å²) in [7, 11) is 1.70. The van der Waals surface area contributed by atoms with Gasteiger partial charge >= 0.3 is 0 Å². The first-order chi connectivity index (χ1) is 14.9. The number of thiol groups is 2. The van der Waals surface area contributed by atoms with Gasteiger partial charge in [0.25, 0.3) is 0 Å². The van der Waals surface area contributed by atoms with Gasteiger partial charge < -0.3 is 21.1 Å². The van der Waals surface area contributed by atoms with E-state index in [0.29, 0.717) is 40.5 Å². The molecule has 0 aliphatic rings. The fourth-order valence-corrected chi connectivity index (χ4v) is 2.60. The molecule has 1 atom stereocenters. The molecule has 0 saturated heterocycles. The zero-order valence-electron chi connectivity index (χ0n) is 19.9. The van der Waals surface area contributed by atoms with Gasteiger partial charge in [-0.2, -0.15) is 5.10 Å². The number of aromatic nitrogens is 1. The molecule has 0 radical (unpaired) electrons. The first-order valence-electron chi connectivity index (χ1n) is 10.3. The number of hydrogen-bond acceptors (Lipinski definition) is 7. The molecule has 1 unspecified atom stereocenters. The summed E-state index contributed by atoms with van der Waals surface area (Å²) < 4.78 is 5.84. The van der Waals surface area contributed by atoms with E-state index in [9.17, 15) is 0 Å². The lowest BCUT2D eigenvalue weighted by Gasteiger charge is -2.32. The maximum atomic E-state index is 6.17. The topological polar surface area (TPSA) is 122 Å². The summed E-state index contributed by atoms with van der Waals surface area (Å²) in [6, 6.07) is 5.50. The van der Waals surface area contributed by atoms with Crippen molar-refractivity contribution in [2.24, 2.45) is 32.1 Å². The van der Waals surface area contributed by atoms with Crippen LogP contribution in [0.3, 0.4) is 0 Å². The van der Waals surface area contributed by atoms with Crippen molar-refractivity contribution in [3.05, 3.63) is 30.1 Å². The van der Waals surface area contributed by atoms with Crippen LogP contribution in [0.5, 0.6) is 0 Å². The van der Waals surface area contributed by atoms with Crippen LogP contribution >= 0.6 is 25.3 Å². The lowest BCUT2D eigenvalue weighted by atomic mass is 10.0. The van der Waals surface area contributed by atoms with E-state index in [-0.39, 0.29) is 11.5 Å². The van der Waals surface area contributed by atoms with Crippen molar-refractivity contribution in [1.29, 1.82) is 0 Å². The SMILES string of the molecule is CN/C(S)=N/N=C(/C(C)=N/N=C(\S)NC(C)(C)CCOC(C)(N)C(C)C)c1ccccn1. The van der Waals surface area contributed by atoms with E-state index in [1.54, 1.807) is 20.2 Å². The predicted molar refractivity (Wildman–Crippen MR) is 141 cm³/mol. The zero-order chi connectivity index (χ0) is 24.4. The van der Waals surface area contributed by atoms with Crippen molar-refractivity contribution in [3.63, 3.8) is 0 Å². The van der Waals surface area contributed by atoms with E-state index >= 15 is 0 Å². The second kappa shape index (κ2) is 12.9. The second-order valence-electron chi connectivity index (χ2n) is 8.39. The van der Waals surface area contributed by atoms with Crippen LogP contribution in [0.4, 0.5) is 0 Å². The highest BCUT2D eigenvalue weighted by molar-refractivity contribution is 7.97. The highest BCUT2D eigenvalue weighted by atomic mass is 32.1. The number of hydrogen-bond donors (Lipinski definition) is 5. The Hall–Kier alpha value is -1.95. The number of ether oxygens (including phenoxy) is 1. The molecule has 0 spiro atoms. The summed E-state index contributed by atoms with van der Waals surface area (Å²) in [5.41, 5.74) is 6.79. The Bertz CT molecular complexity index is 849. The van der Waals surface area contributed by atoms with Crippen molar-refractivity contribution in [2.45, 2.75) is 59.2 Å². The third kappa shape index (κ3) is 10.1. The molecule has 32 heavy (non-hydrogen) atoms. The molecule has 1 aromatic heterocycles. The second-order valence-corrected chi connectivity index (χ2v) is 9.24. The highest BCUT2D eigenvalue weighted by Gasteiger charge is 2.25. The number of pyridine rings is 1. The number of amidine groups is 2. The van der Waals surface area contributed by atoms with Gasteiger partial charge in [0.15, 0.2) is 10.3 Å². The Labute approximate surface area is 202 Å². The number of nitrogens with one attached hydrogen (secondary N) is 2. The Balaban J connectivity index is 2.92. The summed E-state index contributed by atoms with van der Waals surface area (Å²) in [5, 5.41) is 23.5. The van der Waals surface area contributed by atoms with Crippen LogP contribution in [0.25, 0.3) is 0 Å². The zero-order valence-corrected chi connectivity index (χ0v) is 21.7. The summed E-state index contributed by atoms with van der Waals surface area (Å²) in [5.74, 6) is 0.212. The van der Waals surface area contributed by atoms with Crippen LogP contribution < -0.4 is 16.4 Å². The molecule has 1 aromatic rings. The Morgan fingerprint density at radius 3 is 2.34 bits per heavy atom. The van der Waals surface area contributed by atoms with Crippen molar-refractivity contribution < 1.29 is 4.74 Å². The standard InChI is InChI=1S/C21H36N8OS2/c1-14(2)21(6,22)30-13-11-20(4,5)25-19(32)29-26-15(3)17(27-28-18(31)23-7)16-10-8-9-12-24-16/h8-10,12,14H,11,13,22H2,1-7H3,(H2,23,28,31)(H2,25,29,32)/b26-15+,27-17-. The van der Waals surface area contributed by atoms with E-state index in [2.05, 4.69) is 61.3 Å². The Morgan fingerprint density at radius 2 is 1.78 bits per heavy atom. The lowest BCUT2D eigenvalue weighted by molar-refractivity contribution is -0.0649. The molecule has 0 aromatic carbocycles. The molecule has 0 bridgehead atoms. The molecule has 1 heterocycles. The highest BCUT2D eigenvalue weighted by Crippen LogP contribution is 2.17. The number of nitrogens with zero attached hydrogens (tertiary/aromatic N) is 5. The van der Waals surface area contributed by atoms with Crippen molar-refractivity contribution in [3.8, 4) is 0 Å². The molecule has 0 saturated carbocycles. The van der Waals surface area contributed by atoms with Gasteiger partial charge in [-0.1, -0.05) is 19.9 Å². The van der Waals surface area contributed by atoms with Gasteiger partial charge in [-0.05, 0) is 52.2 Å². The minimum Gasteiger partial charge on any atom is -0.366 e.